The van der Waals surface area contributed by atoms with E-state index in [2.05, 4.69) is 10.3 Å². The molecular weight excluding hydrogens is 469 g/mol. The molecule has 7 nitrogen and oxygen atoms in total. The maximum atomic E-state index is 12.8. The molecule has 174 valence electrons. The molecule has 1 aliphatic rings. The molecule has 1 aliphatic heterocycles. The number of carbonyl (C=O) groups excluding carboxylic acids is 3. The van der Waals surface area contributed by atoms with Crippen molar-refractivity contribution in [2.75, 3.05) is 16.8 Å². The minimum absolute atomic E-state index is 0.0507. The molecule has 11 heteroatoms. The third-order valence-electron chi connectivity index (χ3n) is 4.83. The van der Waals surface area contributed by atoms with Gasteiger partial charge in [-0.3, -0.25) is 14.6 Å². The van der Waals surface area contributed by atoms with Crippen LogP contribution in [0.15, 0.2) is 77.8 Å². The SMILES string of the molecule is O=C(Nc1ccccc1)c1cc(CN2CC(=O)N(c3ccc(SC(F)(F)F)cc3)C2=O)ccn1. The number of alkyl halides is 3. The molecule has 2 heterocycles. The molecule has 0 aliphatic carbocycles. The quantitative estimate of drug-likeness (QED) is 0.395. The smallest absolute Gasteiger partial charge is 0.321 e. The van der Waals surface area contributed by atoms with Gasteiger partial charge >= 0.3 is 11.5 Å². The van der Waals surface area contributed by atoms with Gasteiger partial charge in [-0.05, 0) is 65.9 Å². The van der Waals surface area contributed by atoms with Crippen LogP contribution in [-0.2, 0) is 11.3 Å². The molecule has 0 radical (unpaired) electrons. The third-order valence-corrected chi connectivity index (χ3v) is 5.57. The number of thioether (sulfide) groups is 1. The number of pyridine rings is 1. The maximum absolute atomic E-state index is 12.8. The van der Waals surface area contributed by atoms with Crippen LogP contribution >= 0.6 is 11.8 Å². The first-order valence-corrected chi connectivity index (χ1v) is 10.8. The van der Waals surface area contributed by atoms with Crippen LogP contribution in [0.25, 0.3) is 0 Å². The van der Waals surface area contributed by atoms with Crippen LogP contribution in [0.1, 0.15) is 16.1 Å². The first kappa shape index (κ1) is 23.3. The van der Waals surface area contributed by atoms with E-state index in [4.69, 9.17) is 0 Å². The Bertz CT molecular complexity index is 1220. The number of rotatable bonds is 6. The Hall–Kier alpha value is -3.86. The summed E-state index contributed by atoms with van der Waals surface area (Å²) in [5.74, 6) is -0.923. The Morgan fingerprint density at radius 2 is 1.74 bits per heavy atom. The van der Waals surface area contributed by atoms with Gasteiger partial charge in [0.1, 0.15) is 12.2 Å². The van der Waals surface area contributed by atoms with E-state index < -0.39 is 23.4 Å². The number of anilines is 2. The van der Waals surface area contributed by atoms with Crippen molar-refractivity contribution in [1.82, 2.24) is 9.88 Å². The topological polar surface area (TPSA) is 82.6 Å². The summed E-state index contributed by atoms with van der Waals surface area (Å²) in [6.45, 7) is -0.150. The molecule has 0 atom stereocenters. The summed E-state index contributed by atoms with van der Waals surface area (Å²) in [6.07, 6.45) is 1.44. The van der Waals surface area contributed by atoms with E-state index in [-0.39, 0.29) is 41.1 Å². The summed E-state index contributed by atoms with van der Waals surface area (Å²) in [5, 5.41) is 2.73. The molecule has 4 amide bonds. The summed E-state index contributed by atoms with van der Waals surface area (Å²) in [4.78, 5) is 44.0. The molecule has 1 N–H and O–H groups in total. The molecule has 2 aromatic carbocycles. The fourth-order valence-corrected chi connectivity index (χ4v) is 3.90. The largest absolute Gasteiger partial charge is 0.446 e. The van der Waals surface area contributed by atoms with Crippen LogP contribution in [0.5, 0.6) is 0 Å². The van der Waals surface area contributed by atoms with E-state index in [1.165, 1.54) is 41.4 Å². The van der Waals surface area contributed by atoms with E-state index in [0.717, 1.165) is 4.90 Å². The molecule has 1 saturated heterocycles. The van der Waals surface area contributed by atoms with Crippen molar-refractivity contribution in [2.24, 2.45) is 0 Å². The number of imide groups is 1. The average molecular weight is 486 g/mol. The highest BCUT2D eigenvalue weighted by molar-refractivity contribution is 8.00. The third kappa shape index (κ3) is 5.54. The number of urea groups is 1. The number of nitrogens with one attached hydrogen (secondary N) is 1. The fraction of sp³-hybridized carbons (Fsp3) is 0.130. The maximum Gasteiger partial charge on any atom is 0.446 e. The normalized spacial score (nSPS) is 14.0. The summed E-state index contributed by atoms with van der Waals surface area (Å²) in [5.41, 5.74) is -2.90. The van der Waals surface area contributed by atoms with E-state index in [1.807, 2.05) is 6.07 Å². The summed E-state index contributed by atoms with van der Waals surface area (Å²) in [7, 11) is 0. The zero-order valence-corrected chi connectivity index (χ0v) is 18.3. The molecule has 0 spiro atoms. The van der Waals surface area contributed by atoms with Gasteiger partial charge < -0.3 is 10.2 Å². The van der Waals surface area contributed by atoms with E-state index in [1.54, 1.807) is 30.3 Å². The predicted molar refractivity (Wildman–Crippen MR) is 120 cm³/mol. The highest BCUT2D eigenvalue weighted by Crippen LogP contribution is 2.37. The first-order chi connectivity index (χ1) is 16.2. The number of aromatic nitrogens is 1. The number of benzene rings is 2. The molecule has 1 fully saturated rings. The van der Waals surface area contributed by atoms with Crippen molar-refractivity contribution < 1.29 is 27.6 Å². The lowest BCUT2D eigenvalue weighted by Crippen LogP contribution is -2.32. The van der Waals surface area contributed by atoms with Crippen molar-refractivity contribution in [3.8, 4) is 0 Å². The van der Waals surface area contributed by atoms with Gasteiger partial charge in [-0.1, -0.05) is 18.2 Å². The number of para-hydroxylation sites is 1. The molecule has 0 saturated carbocycles. The summed E-state index contributed by atoms with van der Waals surface area (Å²) >= 11 is -0.277. The average Bonchev–Trinajstić information content (AvgIpc) is 3.07. The molecule has 0 unspecified atom stereocenters. The highest BCUT2D eigenvalue weighted by atomic mass is 32.2. The second-order valence-corrected chi connectivity index (χ2v) is 8.42. The van der Waals surface area contributed by atoms with Gasteiger partial charge in [0.2, 0.25) is 0 Å². The number of amides is 4. The minimum Gasteiger partial charge on any atom is -0.321 e. The van der Waals surface area contributed by atoms with Gasteiger partial charge in [-0.25, -0.2) is 9.69 Å². The van der Waals surface area contributed by atoms with Gasteiger partial charge in [0.15, 0.2) is 0 Å². The van der Waals surface area contributed by atoms with Gasteiger partial charge in [0.05, 0.1) is 5.69 Å². The molecule has 0 bridgehead atoms. The minimum atomic E-state index is -4.43. The Balaban J connectivity index is 1.44. The standard InChI is InChI=1S/C23H17F3N4O3S/c24-23(25,26)34-18-8-6-17(7-9-18)30-20(31)14-29(22(30)33)13-15-10-11-27-19(12-15)21(32)28-16-4-2-1-3-5-16/h1-12H,13-14H2,(H,28,32). The van der Waals surface area contributed by atoms with E-state index >= 15 is 0 Å². The Morgan fingerprint density at radius 1 is 1.03 bits per heavy atom. The molecule has 3 aromatic rings. The van der Waals surface area contributed by atoms with E-state index in [9.17, 15) is 27.6 Å². The lowest BCUT2D eigenvalue weighted by atomic mass is 10.2. The van der Waals surface area contributed by atoms with Crippen molar-refractivity contribution in [1.29, 1.82) is 0 Å². The van der Waals surface area contributed by atoms with Gasteiger partial charge in [0.25, 0.3) is 11.8 Å². The Labute approximate surface area is 196 Å². The lowest BCUT2D eigenvalue weighted by Gasteiger charge is -2.18. The lowest BCUT2D eigenvalue weighted by molar-refractivity contribution is -0.116. The summed E-state index contributed by atoms with van der Waals surface area (Å²) in [6, 6.07) is 16.4. The predicted octanol–water partition coefficient (Wildman–Crippen LogP) is 4.91. The second-order valence-electron chi connectivity index (χ2n) is 7.28. The molecule has 4 rings (SSSR count). The van der Waals surface area contributed by atoms with Crippen LogP contribution in [-0.4, -0.2) is 39.8 Å². The zero-order valence-electron chi connectivity index (χ0n) is 17.5. The Morgan fingerprint density at radius 3 is 2.41 bits per heavy atom. The number of carbonyl (C=O) groups is 3. The molecule has 34 heavy (non-hydrogen) atoms. The van der Waals surface area contributed by atoms with Crippen LogP contribution in [0.3, 0.4) is 0 Å². The number of hydrogen-bond acceptors (Lipinski definition) is 5. The van der Waals surface area contributed by atoms with Crippen LogP contribution < -0.4 is 10.2 Å². The van der Waals surface area contributed by atoms with Crippen molar-refractivity contribution >= 4 is 41.0 Å². The molecular formula is C23H17F3N4O3S. The Kier molecular flexibility index (Phi) is 6.55. The zero-order chi connectivity index (χ0) is 24.3. The highest BCUT2D eigenvalue weighted by Gasteiger charge is 2.37. The number of hydrogen-bond donors (Lipinski definition) is 1. The van der Waals surface area contributed by atoms with Crippen LogP contribution in [0, 0.1) is 0 Å². The van der Waals surface area contributed by atoms with Crippen molar-refractivity contribution in [3.63, 3.8) is 0 Å². The first-order valence-electron chi connectivity index (χ1n) is 9.98. The van der Waals surface area contributed by atoms with Gasteiger partial charge in [-0.2, -0.15) is 13.2 Å². The van der Waals surface area contributed by atoms with Crippen molar-refractivity contribution in [2.45, 2.75) is 16.9 Å². The number of nitrogens with zero attached hydrogens (tertiary/aromatic N) is 3. The van der Waals surface area contributed by atoms with Crippen molar-refractivity contribution in [3.05, 3.63) is 84.2 Å². The van der Waals surface area contributed by atoms with Crippen LogP contribution in [0.2, 0.25) is 0 Å². The second kappa shape index (κ2) is 9.56. The fourth-order valence-electron chi connectivity index (χ4n) is 3.36. The van der Waals surface area contributed by atoms with Gasteiger partial charge in [0, 0.05) is 23.3 Å². The monoisotopic (exact) mass is 486 g/mol. The number of halogens is 3. The summed E-state index contributed by atoms with van der Waals surface area (Å²) < 4.78 is 37.6. The molecule has 1 aromatic heterocycles. The van der Waals surface area contributed by atoms with E-state index in [0.29, 0.717) is 11.3 Å². The van der Waals surface area contributed by atoms with Gasteiger partial charge in [-0.15, -0.1) is 0 Å². The van der Waals surface area contributed by atoms with Crippen LogP contribution in [0.4, 0.5) is 29.3 Å².